The van der Waals surface area contributed by atoms with Gasteiger partial charge in [-0.3, -0.25) is 4.90 Å². The van der Waals surface area contributed by atoms with Crippen LogP contribution in [0.3, 0.4) is 0 Å². The standard InChI is InChI=1S/C18H26ClFN2O/c19-17-2-1-3-18(20)16(17)12-22-10-8-14(9-11-22)21-13-4-6-15(23)7-5-13/h1-3,13-15,21,23H,4-12H2. The van der Waals surface area contributed by atoms with Crippen molar-refractivity contribution in [1.29, 1.82) is 0 Å². The van der Waals surface area contributed by atoms with E-state index in [1.807, 2.05) is 0 Å². The highest BCUT2D eigenvalue weighted by Gasteiger charge is 2.25. The summed E-state index contributed by atoms with van der Waals surface area (Å²) in [6.07, 6.45) is 6.07. The minimum Gasteiger partial charge on any atom is -0.393 e. The number of rotatable bonds is 4. The van der Waals surface area contributed by atoms with E-state index < -0.39 is 0 Å². The van der Waals surface area contributed by atoms with E-state index in [1.165, 1.54) is 6.07 Å². The number of nitrogens with one attached hydrogen (secondary N) is 1. The highest BCUT2D eigenvalue weighted by molar-refractivity contribution is 6.31. The van der Waals surface area contributed by atoms with Gasteiger partial charge in [-0.1, -0.05) is 17.7 Å². The fourth-order valence-electron chi connectivity index (χ4n) is 3.74. The van der Waals surface area contributed by atoms with Crippen LogP contribution in [0.15, 0.2) is 18.2 Å². The molecular formula is C18H26ClFN2O. The molecule has 0 atom stereocenters. The van der Waals surface area contributed by atoms with Gasteiger partial charge in [0.2, 0.25) is 0 Å². The molecule has 3 nitrogen and oxygen atoms in total. The molecule has 5 heteroatoms. The lowest BCUT2D eigenvalue weighted by atomic mass is 9.91. The molecule has 0 amide bonds. The molecule has 1 aromatic rings. The Morgan fingerprint density at radius 1 is 1.09 bits per heavy atom. The van der Waals surface area contributed by atoms with Crippen LogP contribution in [0.1, 0.15) is 44.1 Å². The van der Waals surface area contributed by atoms with Crippen LogP contribution in [-0.4, -0.2) is 41.3 Å². The fourth-order valence-corrected chi connectivity index (χ4v) is 3.96. The summed E-state index contributed by atoms with van der Waals surface area (Å²) in [5.41, 5.74) is 0.613. The van der Waals surface area contributed by atoms with E-state index in [2.05, 4.69) is 10.2 Å². The summed E-state index contributed by atoms with van der Waals surface area (Å²) >= 11 is 6.12. The predicted molar refractivity (Wildman–Crippen MR) is 91.1 cm³/mol. The number of benzene rings is 1. The van der Waals surface area contributed by atoms with Gasteiger partial charge < -0.3 is 10.4 Å². The Kier molecular flexibility index (Phi) is 5.91. The normalized spacial score (nSPS) is 27.3. The first-order chi connectivity index (χ1) is 11.1. The molecule has 128 valence electrons. The van der Waals surface area contributed by atoms with Crippen molar-refractivity contribution in [1.82, 2.24) is 10.2 Å². The van der Waals surface area contributed by atoms with E-state index in [9.17, 15) is 9.50 Å². The number of hydrogen-bond acceptors (Lipinski definition) is 3. The highest BCUT2D eigenvalue weighted by Crippen LogP contribution is 2.24. The SMILES string of the molecule is OC1CCC(NC2CCN(Cc3c(F)cccc3Cl)CC2)CC1. The van der Waals surface area contributed by atoms with Crippen LogP contribution in [0, 0.1) is 5.82 Å². The number of hydrogen-bond donors (Lipinski definition) is 2. The van der Waals surface area contributed by atoms with Crippen LogP contribution in [0.25, 0.3) is 0 Å². The monoisotopic (exact) mass is 340 g/mol. The van der Waals surface area contributed by atoms with Crippen LogP contribution < -0.4 is 5.32 Å². The van der Waals surface area contributed by atoms with E-state index in [-0.39, 0.29) is 11.9 Å². The topological polar surface area (TPSA) is 35.5 Å². The van der Waals surface area contributed by atoms with Crippen molar-refractivity contribution in [2.75, 3.05) is 13.1 Å². The second-order valence-corrected chi connectivity index (χ2v) is 7.33. The van der Waals surface area contributed by atoms with Crippen molar-refractivity contribution >= 4 is 11.6 Å². The molecule has 1 saturated carbocycles. The van der Waals surface area contributed by atoms with Crippen LogP contribution >= 0.6 is 11.6 Å². The second kappa shape index (κ2) is 7.93. The largest absolute Gasteiger partial charge is 0.393 e. The molecule has 1 saturated heterocycles. The number of likely N-dealkylation sites (tertiary alicyclic amines) is 1. The summed E-state index contributed by atoms with van der Waals surface area (Å²) in [5.74, 6) is -0.210. The van der Waals surface area contributed by atoms with Gasteiger partial charge in [0.1, 0.15) is 5.82 Å². The van der Waals surface area contributed by atoms with Crippen molar-refractivity contribution in [3.8, 4) is 0 Å². The van der Waals surface area contributed by atoms with Gasteiger partial charge in [-0.15, -0.1) is 0 Å². The van der Waals surface area contributed by atoms with Crippen LogP contribution in [0.4, 0.5) is 4.39 Å². The first-order valence-electron chi connectivity index (χ1n) is 8.71. The summed E-state index contributed by atoms with van der Waals surface area (Å²) in [7, 11) is 0. The molecule has 1 aliphatic carbocycles. The summed E-state index contributed by atoms with van der Waals surface area (Å²) in [4.78, 5) is 2.28. The van der Waals surface area contributed by atoms with Crippen molar-refractivity contribution in [2.45, 2.75) is 63.3 Å². The average Bonchev–Trinajstić information content (AvgIpc) is 2.55. The minimum atomic E-state index is -0.210. The van der Waals surface area contributed by atoms with Crippen molar-refractivity contribution in [3.05, 3.63) is 34.6 Å². The lowest BCUT2D eigenvalue weighted by Gasteiger charge is -2.36. The fraction of sp³-hybridized carbons (Fsp3) is 0.667. The van der Waals surface area contributed by atoms with E-state index in [4.69, 9.17) is 11.6 Å². The second-order valence-electron chi connectivity index (χ2n) is 6.92. The maximum Gasteiger partial charge on any atom is 0.129 e. The van der Waals surface area contributed by atoms with Gasteiger partial charge in [0, 0.05) is 29.2 Å². The molecule has 0 spiro atoms. The molecule has 2 N–H and O–H groups in total. The Morgan fingerprint density at radius 3 is 2.39 bits per heavy atom. The first-order valence-corrected chi connectivity index (χ1v) is 9.09. The van der Waals surface area contributed by atoms with Gasteiger partial charge in [-0.2, -0.15) is 0 Å². The molecule has 3 rings (SSSR count). The average molecular weight is 341 g/mol. The highest BCUT2D eigenvalue weighted by atomic mass is 35.5. The Hall–Kier alpha value is -0.680. The van der Waals surface area contributed by atoms with Crippen LogP contribution in [-0.2, 0) is 6.54 Å². The third kappa shape index (κ3) is 4.66. The van der Waals surface area contributed by atoms with Gasteiger partial charge in [-0.25, -0.2) is 4.39 Å². The van der Waals surface area contributed by atoms with E-state index in [1.54, 1.807) is 12.1 Å². The van der Waals surface area contributed by atoms with Gasteiger partial charge in [0.05, 0.1) is 6.10 Å². The molecule has 0 unspecified atom stereocenters. The zero-order valence-electron chi connectivity index (χ0n) is 13.5. The molecule has 1 aliphatic heterocycles. The lowest BCUT2D eigenvalue weighted by Crippen LogP contribution is -2.47. The maximum absolute atomic E-state index is 13.9. The Morgan fingerprint density at radius 2 is 1.74 bits per heavy atom. The summed E-state index contributed by atoms with van der Waals surface area (Å²) in [6.45, 7) is 2.53. The molecule has 0 aromatic heterocycles. The van der Waals surface area contributed by atoms with Gasteiger partial charge >= 0.3 is 0 Å². The quantitative estimate of drug-likeness (QED) is 0.882. The lowest BCUT2D eigenvalue weighted by molar-refractivity contribution is 0.108. The van der Waals surface area contributed by atoms with Gasteiger partial charge in [-0.05, 0) is 63.7 Å². The van der Waals surface area contributed by atoms with Crippen molar-refractivity contribution < 1.29 is 9.50 Å². The molecular weight excluding hydrogens is 315 g/mol. The first kappa shape index (κ1) is 17.2. The van der Waals surface area contributed by atoms with Crippen LogP contribution in [0.2, 0.25) is 5.02 Å². The summed E-state index contributed by atoms with van der Waals surface area (Å²) < 4.78 is 13.9. The summed E-state index contributed by atoms with van der Waals surface area (Å²) in [6, 6.07) is 5.98. The third-order valence-corrected chi connectivity index (χ3v) is 5.55. The summed E-state index contributed by atoms with van der Waals surface area (Å²) in [5, 5.41) is 13.8. The van der Waals surface area contributed by atoms with E-state index >= 15 is 0 Å². The van der Waals surface area contributed by atoms with E-state index in [0.717, 1.165) is 51.6 Å². The number of nitrogens with zero attached hydrogens (tertiary/aromatic N) is 1. The van der Waals surface area contributed by atoms with Crippen molar-refractivity contribution in [2.24, 2.45) is 0 Å². The Bertz CT molecular complexity index is 491. The predicted octanol–water partition coefficient (Wildman–Crippen LogP) is 3.34. The molecule has 0 bridgehead atoms. The molecule has 2 aliphatic rings. The number of aliphatic hydroxyl groups excluding tert-OH is 1. The molecule has 1 heterocycles. The number of aliphatic hydroxyl groups is 1. The van der Waals surface area contributed by atoms with Crippen molar-refractivity contribution in [3.63, 3.8) is 0 Å². The Balaban J connectivity index is 1.45. The molecule has 23 heavy (non-hydrogen) atoms. The smallest absolute Gasteiger partial charge is 0.129 e. The number of halogens is 2. The van der Waals surface area contributed by atoms with Crippen LogP contribution in [0.5, 0.6) is 0 Å². The molecule has 1 aromatic carbocycles. The zero-order chi connectivity index (χ0) is 16.2. The molecule has 0 radical (unpaired) electrons. The number of piperidine rings is 1. The minimum absolute atomic E-state index is 0.0968. The zero-order valence-corrected chi connectivity index (χ0v) is 14.2. The Labute approximate surface area is 142 Å². The molecule has 2 fully saturated rings. The van der Waals surface area contributed by atoms with E-state index in [0.29, 0.717) is 29.2 Å². The third-order valence-electron chi connectivity index (χ3n) is 5.20. The van der Waals surface area contributed by atoms with Gasteiger partial charge in [0.25, 0.3) is 0 Å². The van der Waals surface area contributed by atoms with Gasteiger partial charge in [0.15, 0.2) is 0 Å². The maximum atomic E-state index is 13.9.